The van der Waals surface area contributed by atoms with E-state index in [-0.39, 0.29) is 5.91 Å². The van der Waals surface area contributed by atoms with Crippen molar-refractivity contribution in [3.8, 4) is 5.75 Å². The first kappa shape index (κ1) is 14.5. The van der Waals surface area contributed by atoms with Crippen LogP contribution in [0.4, 0.5) is 0 Å². The molecule has 0 spiro atoms. The molecule has 1 rings (SSSR count). The summed E-state index contributed by atoms with van der Waals surface area (Å²) < 4.78 is 5.05. The molecule has 0 fully saturated rings. The maximum absolute atomic E-state index is 11.8. The first-order valence-electron chi connectivity index (χ1n) is 5.68. The number of amides is 1. The van der Waals surface area contributed by atoms with Crippen LogP contribution in [0.3, 0.4) is 0 Å². The first-order valence-corrected chi connectivity index (χ1v) is 7.68. The maximum Gasteiger partial charge on any atom is 0.261 e. The van der Waals surface area contributed by atoms with Crippen molar-refractivity contribution in [3.63, 3.8) is 0 Å². The summed E-state index contributed by atoms with van der Waals surface area (Å²) in [4.78, 5) is 12.5. The van der Waals surface area contributed by atoms with Crippen LogP contribution in [0.1, 0.15) is 29.4 Å². The predicted octanol–water partition coefficient (Wildman–Crippen LogP) is 3.30. The molecular formula is C12H18BrNO2S. The van der Waals surface area contributed by atoms with Crippen LogP contribution in [0.2, 0.25) is 0 Å². The lowest BCUT2D eigenvalue weighted by Crippen LogP contribution is -2.28. The van der Waals surface area contributed by atoms with Crippen LogP contribution in [0, 0.1) is 5.92 Å². The van der Waals surface area contributed by atoms with Crippen molar-refractivity contribution < 1.29 is 9.53 Å². The fourth-order valence-corrected chi connectivity index (χ4v) is 2.89. The highest BCUT2D eigenvalue weighted by Gasteiger charge is 2.11. The van der Waals surface area contributed by atoms with Gasteiger partial charge in [0, 0.05) is 23.3 Å². The van der Waals surface area contributed by atoms with Gasteiger partial charge >= 0.3 is 0 Å². The third kappa shape index (κ3) is 4.68. The summed E-state index contributed by atoms with van der Waals surface area (Å²) in [5, 5.41) is 5.79. The van der Waals surface area contributed by atoms with E-state index in [1.807, 2.05) is 5.38 Å². The van der Waals surface area contributed by atoms with E-state index >= 15 is 0 Å². The SMILES string of the molecule is CCC(CCBr)CNC(=O)c1cc(OC)cs1. The first-order chi connectivity index (χ1) is 8.21. The van der Waals surface area contributed by atoms with Crippen molar-refractivity contribution in [2.75, 3.05) is 19.0 Å². The Balaban J connectivity index is 2.43. The fraction of sp³-hybridized carbons (Fsp3) is 0.583. The second-order valence-electron chi connectivity index (χ2n) is 3.81. The molecule has 0 aliphatic carbocycles. The molecule has 0 bridgehead atoms. The highest BCUT2D eigenvalue weighted by atomic mass is 79.9. The van der Waals surface area contributed by atoms with Crippen LogP contribution in [0.15, 0.2) is 11.4 Å². The molecule has 0 aliphatic rings. The Hall–Kier alpha value is -0.550. The van der Waals surface area contributed by atoms with Gasteiger partial charge < -0.3 is 10.1 Å². The summed E-state index contributed by atoms with van der Waals surface area (Å²) in [6.45, 7) is 2.88. The molecule has 1 aromatic rings. The van der Waals surface area contributed by atoms with Crippen molar-refractivity contribution in [3.05, 3.63) is 16.3 Å². The van der Waals surface area contributed by atoms with Gasteiger partial charge in [0.15, 0.2) is 0 Å². The monoisotopic (exact) mass is 319 g/mol. The summed E-state index contributed by atoms with van der Waals surface area (Å²) >= 11 is 4.84. The number of rotatable bonds is 7. The van der Waals surface area contributed by atoms with Gasteiger partial charge in [-0.1, -0.05) is 29.3 Å². The molecule has 3 nitrogen and oxygen atoms in total. The maximum atomic E-state index is 11.8. The normalized spacial score (nSPS) is 12.2. The van der Waals surface area contributed by atoms with Gasteiger partial charge in [-0.05, 0) is 12.3 Å². The smallest absolute Gasteiger partial charge is 0.261 e. The molecule has 0 aromatic carbocycles. The lowest BCUT2D eigenvalue weighted by atomic mass is 10.0. The van der Waals surface area contributed by atoms with E-state index in [0.717, 1.165) is 30.5 Å². The number of hydrogen-bond acceptors (Lipinski definition) is 3. The van der Waals surface area contributed by atoms with Gasteiger partial charge in [0.2, 0.25) is 0 Å². The van der Waals surface area contributed by atoms with Crippen molar-refractivity contribution in [1.82, 2.24) is 5.32 Å². The number of carbonyl (C=O) groups is 1. The van der Waals surface area contributed by atoms with Gasteiger partial charge in [0.25, 0.3) is 5.91 Å². The molecule has 1 amide bonds. The molecule has 5 heteroatoms. The van der Waals surface area contributed by atoms with Crippen molar-refractivity contribution in [2.45, 2.75) is 19.8 Å². The number of methoxy groups -OCH3 is 1. The standard InChI is InChI=1S/C12H18BrNO2S/c1-3-9(4-5-13)7-14-12(15)11-6-10(16-2)8-17-11/h6,8-9H,3-5,7H2,1-2H3,(H,14,15). The average Bonchev–Trinajstić information content (AvgIpc) is 2.82. The van der Waals surface area contributed by atoms with Crippen molar-refractivity contribution in [1.29, 1.82) is 0 Å². The molecule has 0 radical (unpaired) electrons. The van der Waals surface area contributed by atoms with E-state index in [9.17, 15) is 4.79 Å². The van der Waals surface area contributed by atoms with Crippen LogP contribution in [0.5, 0.6) is 5.75 Å². The summed E-state index contributed by atoms with van der Waals surface area (Å²) in [6, 6.07) is 1.77. The Morgan fingerprint density at radius 2 is 2.41 bits per heavy atom. The van der Waals surface area contributed by atoms with Gasteiger partial charge in [0.1, 0.15) is 5.75 Å². The zero-order valence-electron chi connectivity index (χ0n) is 10.2. The Morgan fingerprint density at radius 1 is 1.65 bits per heavy atom. The van der Waals surface area contributed by atoms with Crippen molar-refractivity contribution >= 4 is 33.2 Å². The second-order valence-corrected chi connectivity index (χ2v) is 5.52. The van der Waals surface area contributed by atoms with Gasteiger partial charge in [-0.2, -0.15) is 0 Å². The van der Waals surface area contributed by atoms with Crippen LogP contribution in [0.25, 0.3) is 0 Å². The summed E-state index contributed by atoms with van der Waals surface area (Å²) in [5.74, 6) is 1.28. The Labute approximate surface area is 115 Å². The number of ether oxygens (including phenoxy) is 1. The lowest BCUT2D eigenvalue weighted by Gasteiger charge is -2.13. The topological polar surface area (TPSA) is 38.3 Å². The molecule has 1 N–H and O–H groups in total. The molecule has 17 heavy (non-hydrogen) atoms. The minimum Gasteiger partial charge on any atom is -0.496 e. The number of thiophene rings is 1. The van der Waals surface area contributed by atoms with Gasteiger partial charge in [0.05, 0.1) is 12.0 Å². The summed E-state index contributed by atoms with van der Waals surface area (Å²) in [5.41, 5.74) is 0. The molecular weight excluding hydrogens is 302 g/mol. The molecule has 1 heterocycles. The number of alkyl halides is 1. The third-order valence-electron chi connectivity index (χ3n) is 2.68. The zero-order chi connectivity index (χ0) is 12.7. The molecule has 1 atom stereocenters. The Kier molecular flexibility index (Phi) is 6.58. The zero-order valence-corrected chi connectivity index (χ0v) is 12.6. The number of hydrogen-bond donors (Lipinski definition) is 1. The molecule has 96 valence electrons. The molecule has 0 saturated carbocycles. The lowest BCUT2D eigenvalue weighted by molar-refractivity contribution is 0.0950. The quantitative estimate of drug-likeness (QED) is 0.783. The van der Waals surface area contributed by atoms with Crippen LogP contribution in [-0.4, -0.2) is 24.9 Å². The molecule has 0 saturated heterocycles. The van der Waals surface area contributed by atoms with E-state index in [2.05, 4.69) is 28.2 Å². The summed E-state index contributed by atoms with van der Waals surface area (Å²) in [6.07, 6.45) is 2.17. The van der Waals surface area contributed by atoms with Crippen LogP contribution in [-0.2, 0) is 0 Å². The minimum absolute atomic E-state index is 0.00803. The summed E-state index contributed by atoms with van der Waals surface area (Å²) in [7, 11) is 1.60. The Bertz CT molecular complexity index is 354. The third-order valence-corrected chi connectivity index (χ3v) is 4.05. The largest absolute Gasteiger partial charge is 0.496 e. The van der Waals surface area contributed by atoms with Crippen LogP contribution < -0.4 is 10.1 Å². The van der Waals surface area contributed by atoms with Gasteiger partial charge in [-0.25, -0.2) is 0 Å². The molecule has 1 aromatic heterocycles. The molecule has 1 unspecified atom stereocenters. The van der Waals surface area contributed by atoms with Crippen LogP contribution >= 0.6 is 27.3 Å². The van der Waals surface area contributed by atoms with E-state index in [0.29, 0.717) is 10.8 Å². The van der Waals surface area contributed by atoms with E-state index in [1.165, 1.54) is 11.3 Å². The van der Waals surface area contributed by atoms with Crippen molar-refractivity contribution in [2.24, 2.45) is 5.92 Å². The van der Waals surface area contributed by atoms with E-state index in [4.69, 9.17) is 4.74 Å². The molecule has 0 aliphatic heterocycles. The van der Waals surface area contributed by atoms with Gasteiger partial charge in [-0.15, -0.1) is 11.3 Å². The Morgan fingerprint density at radius 3 is 2.94 bits per heavy atom. The number of carbonyl (C=O) groups excluding carboxylic acids is 1. The highest BCUT2D eigenvalue weighted by Crippen LogP contribution is 2.21. The fourth-order valence-electron chi connectivity index (χ4n) is 1.47. The number of nitrogens with one attached hydrogen (secondary N) is 1. The predicted molar refractivity (Wildman–Crippen MR) is 75.4 cm³/mol. The average molecular weight is 320 g/mol. The highest BCUT2D eigenvalue weighted by molar-refractivity contribution is 9.09. The van der Waals surface area contributed by atoms with E-state index in [1.54, 1.807) is 13.2 Å². The van der Waals surface area contributed by atoms with E-state index < -0.39 is 0 Å². The minimum atomic E-state index is -0.00803. The number of halogens is 1. The second kappa shape index (κ2) is 7.71. The van der Waals surface area contributed by atoms with Gasteiger partial charge in [-0.3, -0.25) is 4.79 Å².